The molecule has 1 aliphatic heterocycles. The number of ether oxygens (including phenoxy) is 2. The summed E-state index contributed by atoms with van der Waals surface area (Å²) < 4.78 is 14.6. The summed E-state index contributed by atoms with van der Waals surface area (Å²) in [6.07, 6.45) is 1.10. The van der Waals surface area contributed by atoms with Gasteiger partial charge in [-0.2, -0.15) is 4.37 Å². The second-order valence-corrected chi connectivity index (χ2v) is 4.76. The molecule has 0 saturated carbocycles. The first-order chi connectivity index (χ1) is 7.72. The van der Waals surface area contributed by atoms with Crippen molar-refractivity contribution < 1.29 is 9.47 Å². The Bertz CT molecular complexity index is 350. The Hall–Kier alpha value is -1.01. The third-order valence-electron chi connectivity index (χ3n) is 2.91. The molecule has 1 aliphatic rings. The average Bonchev–Trinajstić information content (AvgIpc) is 2.88. The largest absolute Gasteiger partial charge is 0.490 e. The SMILES string of the molecule is COc1c(N)nsc1NC(C)C1CCOC1. The predicted molar refractivity (Wildman–Crippen MR) is 65.1 cm³/mol. The van der Waals surface area contributed by atoms with Crippen molar-refractivity contribution in [3.63, 3.8) is 0 Å². The lowest BCUT2D eigenvalue weighted by Gasteiger charge is -2.19. The highest BCUT2D eigenvalue weighted by molar-refractivity contribution is 7.11. The molecule has 16 heavy (non-hydrogen) atoms. The lowest BCUT2D eigenvalue weighted by molar-refractivity contribution is 0.183. The van der Waals surface area contributed by atoms with Gasteiger partial charge in [-0.25, -0.2) is 0 Å². The summed E-state index contributed by atoms with van der Waals surface area (Å²) in [6.45, 7) is 3.83. The van der Waals surface area contributed by atoms with Crippen molar-refractivity contribution in [1.29, 1.82) is 0 Å². The normalized spacial score (nSPS) is 22.0. The van der Waals surface area contributed by atoms with Crippen LogP contribution in [0, 0.1) is 5.92 Å². The molecule has 1 aromatic heterocycles. The highest BCUT2D eigenvalue weighted by Gasteiger charge is 2.24. The van der Waals surface area contributed by atoms with Gasteiger partial charge in [0.1, 0.15) is 0 Å². The molecule has 0 amide bonds. The number of hydrogen-bond acceptors (Lipinski definition) is 6. The van der Waals surface area contributed by atoms with E-state index >= 15 is 0 Å². The maximum atomic E-state index is 5.69. The smallest absolute Gasteiger partial charge is 0.197 e. The van der Waals surface area contributed by atoms with E-state index in [0.29, 0.717) is 23.5 Å². The van der Waals surface area contributed by atoms with Crippen LogP contribution in [0.3, 0.4) is 0 Å². The fraction of sp³-hybridized carbons (Fsp3) is 0.700. The highest BCUT2D eigenvalue weighted by atomic mass is 32.1. The van der Waals surface area contributed by atoms with Gasteiger partial charge in [-0.3, -0.25) is 0 Å². The molecule has 2 heterocycles. The molecule has 2 rings (SSSR count). The number of methoxy groups -OCH3 is 1. The maximum absolute atomic E-state index is 5.69. The van der Waals surface area contributed by atoms with Crippen LogP contribution >= 0.6 is 11.5 Å². The Kier molecular flexibility index (Phi) is 3.50. The van der Waals surface area contributed by atoms with E-state index < -0.39 is 0 Å². The lowest BCUT2D eigenvalue weighted by Crippen LogP contribution is -2.25. The van der Waals surface area contributed by atoms with Crippen LogP contribution in [-0.2, 0) is 4.74 Å². The number of aromatic nitrogens is 1. The summed E-state index contributed by atoms with van der Waals surface area (Å²) in [6, 6.07) is 0.344. The van der Waals surface area contributed by atoms with Crippen molar-refractivity contribution >= 4 is 22.4 Å². The average molecular weight is 243 g/mol. The van der Waals surface area contributed by atoms with Crippen molar-refractivity contribution in [1.82, 2.24) is 4.37 Å². The fourth-order valence-electron chi connectivity index (χ4n) is 1.85. The van der Waals surface area contributed by atoms with Crippen LogP contribution in [0.1, 0.15) is 13.3 Å². The van der Waals surface area contributed by atoms with E-state index in [1.54, 1.807) is 7.11 Å². The van der Waals surface area contributed by atoms with E-state index in [2.05, 4.69) is 16.6 Å². The first kappa shape index (κ1) is 11.5. The monoisotopic (exact) mass is 243 g/mol. The number of nitrogens with zero attached hydrogens (tertiary/aromatic N) is 1. The molecular formula is C10H17N3O2S. The van der Waals surface area contributed by atoms with Crippen molar-refractivity contribution in [2.24, 2.45) is 5.92 Å². The first-order valence-corrected chi connectivity index (χ1v) is 6.13. The minimum absolute atomic E-state index is 0.344. The van der Waals surface area contributed by atoms with Gasteiger partial charge in [-0.15, -0.1) is 0 Å². The predicted octanol–water partition coefficient (Wildman–Crippen LogP) is 1.57. The van der Waals surface area contributed by atoms with E-state index in [0.717, 1.165) is 24.6 Å². The molecule has 1 fully saturated rings. The number of nitrogens with two attached hydrogens (primary N) is 1. The molecule has 6 heteroatoms. The highest BCUT2D eigenvalue weighted by Crippen LogP contribution is 2.36. The molecule has 90 valence electrons. The van der Waals surface area contributed by atoms with E-state index in [1.165, 1.54) is 11.5 Å². The van der Waals surface area contributed by atoms with Crippen LogP contribution in [0.2, 0.25) is 0 Å². The molecule has 1 aromatic rings. The summed E-state index contributed by atoms with van der Waals surface area (Å²) in [5.41, 5.74) is 5.69. The van der Waals surface area contributed by atoms with Gasteiger partial charge in [0, 0.05) is 18.6 Å². The molecular weight excluding hydrogens is 226 g/mol. The van der Waals surface area contributed by atoms with Crippen molar-refractivity contribution in [2.45, 2.75) is 19.4 Å². The maximum Gasteiger partial charge on any atom is 0.197 e. The minimum Gasteiger partial charge on any atom is -0.490 e. The molecule has 3 N–H and O–H groups in total. The van der Waals surface area contributed by atoms with Crippen LogP contribution in [0.25, 0.3) is 0 Å². The molecule has 2 atom stereocenters. The quantitative estimate of drug-likeness (QED) is 0.840. The molecule has 0 aliphatic carbocycles. The van der Waals surface area contributed by atoms with Crippen LogP contribution in [-0.4, -0.2) is 30.7 Å². The molecule has 0 aromatic carbocycles. The molecule has 1 saturated heterocycles. The van der Waals surface area contributed by atoms with Crippen LogP contribution in [0.15, 0.2) is 0 Å². The van der Waals surface area contributed by atoms with Gasteiger partial charge in [0.15, 0.2) is 16.6 Å². The molecule has 0 spiro atoms. The molecule has 0 radical (unpaired) electrons. The van der Waals surface area contributed by atoms with Gasteiger partial charge in [0.05, 0.1) is 13.7 Å². The Labute approximate surface area is 99.1 Å². The summed E-state index contributed by atoms with van der Waals surface area (Å²) in [4.78, 5) is 0. The van der Waals surface area contributed by atoms with Gasteiger partial charge in [-0.05, 0) is 24.9 Å². The van der Waals surface area contributed by atoms with Gasteiger partial charge in [0.25, 0.3) is 0 Å². The van der Waals surface area contributed by atoms with Gasteiger partial charge in [0.2, 0.25) is 0 Å². The Morgan fingerprint density at radius 2 is 2.50 bits per heavy atom. The Balaban J connectivity index is 2.02. The van der Waals surface area contributed by atoms with Gasteiger partial charge < -0.3 is 20.5 Å². The number of nitrogens with one attached hydrogen (secondary N) is 1. The third-order valence-corrected chi connectivity index (χ3v) is 3.68. The summed E-state index contributed by atoms with van der Waals surface area (Å²) in [5.74, 6) is 1.65. The standard InChI is InChI=1S/C10H17N3O2S/c1-6(7-3-4-15-5-7)12-10-8(14-2)9(11)13-16-10/h6-7,12H,3-5H2,1-2H3,(H2,11,13). The Morgan fingerprint density at radius 3 is 3.12 bits per heavy atom. The van der Waals surface area contributed by atoms with E-state index in [-0.39, 0.29) is 0 Å². The van der Waals surface area contributed by atoms with Crippen LogP contribution < -0.4 is 15.8 Å². The first-order valence-electron chi connectivity index (χ1n) is 5.35. The number of hydrogen-bond donors (Lipinski definition) is 2. The third kappa shape index (κ3) is 2.22. The van der Waals surface area contributed by atoms with Crippen molar-refractivity contribution in [3.8, 4) is 5.75 Å². The topological polar surface area (TPSA) is 69.4 Å². The second-order valence-electron chi connectivity index (χ2n) is 3.99. The van der Waals surface area contributed by atoms with E-state index in [1.807, 2.05) is 0 Å². The number of rotatable bonds is 4. The number of nitrogen functional groups attached to an aromatic ring is 1. The second kappa shape index (κ2) is 4.88. The molecule has 0 bridgehead atoms. The summed E-state index contributed by atoms with van der Waals surface area (Å²) in [7, 11) is 1.61. The minimum atomic E-state index is 0.344. The zero-order valence-corrected chi connectivity index (χ0v) is 10.3. The number of anilines is 2. The summed E-state index contributed by atoms with van der Waals surface area (Å²) >= 11 is 1.34. The Morgan fingerprint density at radius 1 is 1.69 bits per heavy atom. The molecule has 5 nitrogen and oxygen atoms in total. The van der Waals surface area contributed by atoms with Crippen molar-refractivity contribution in [2.75, 3.05) is 31.4 Å². The lowest BCUT2D eigenvalue weighted by atomic mass is 10.0. The van der Waals surface area contributed by atoms with Gasteiger partial charge in [-0.1, -0.05) is 0 Å². The van der Waals surface area contributed by atoms with Crippen LogP contribution in [0.4, 0.5) is 10.8 Å². The molecule has 2 unspecified atom stereocenters. The summed E-state index contributed by atoms with van der Waals surface area (Å²) in [5, 5.41) is 4.30. The van der Waals surface area contributed by atoms with Crippen LogP contribution in [0.5, 0.6) is 5.75 Å². The fourth-order valence-corrected chi connectivity index (χ4v) is 2.64. The zero-order valence-electron chi connectivity index (χ0n) is 9.53. The van der Waals surface area contributed by atoms with E-state index in [4.69, 9.17) is 15.2 Å². The van der Waals surface area contributed by atoms with E-state index in [9.17, 15) is 0 Å². The zero-order chi connectivity index (χ0) is 11.5. The van der Waals surface area contributed by atoms with Crippen molar-refractivity contribution in [3.05, 3.63) is 0 Å². The van der Waals surface area contributed by atoms with Gasteiger partial charge >= 0.3 is 0 Å².